The Bertz CT molecular complexity index is 261. The molecule has 1 fully saturated rings. The van der Waals surface area contributed by atoms with Crippen LogP contribution in [0.1, 0.15) is 39.0 Å². The second kappa shape index (κ2) is 5.50. The summed E-state index contributed by atoms with van der Waals surface area (Å²) in [5.74, 6) is 1.32. The van der Waals surface area contributed by atoms with Crippen LogP contribution >= 0.6 is 15.9 Å². The number of hydrogen-bond acceptors (Lipinski definition) is 2. The molecule has 1 rings (SSSR count). The van der Waals surface area contributed by atoms with Crippen molar-refractivity contribution in [1.29, 1.82) is 0 Å². The van der Waals surface area contributed by atoms with Gasteiger partial charge in [0.25, 0.3) is 0 Å². The second-order valence-electron chi connectivity index (χ2n) is 4.15. The highest BCUT2D eigenvalue weighted by molar-refractivity contribution is 9.09. The van der Waals surface area contributed by atoms with E-state index in [9.17, 15) is 8.42 Å². The van der Waals surface area contributed by atoms with Gasteiger partial charge in [-0.3, -0.25) is 0 Å². The number of halogens is 1. The van der Waals surface area contributed by atoms with Gasteiger partial charge >= 0.3 is 0 Å². The summed E-state index contributed by atoms with van der Waals surface area (Å²) in [7, 11) is -2.76. The van der Waals surface area contributed by atoms with Crippen LogP contribution in [-0.2, 0) is 9.84 Å². The van der Waals surface area contributed by atoms with Gasteiger partial charge in [-0.15, -0.1) is 0 Å². The molecule has 14 heavy (non-hydrogen) atoms. The highest BCUT2D eigenvalue weighted by Gasteiger charge is 2.26. The molecule has 0 heterocycles. The summed E-state index contributed by atoms with van der Waals surface area (Å²) in [5.41, 5.74) is 0. The van der Waals surface area contributed by atoms with Crippen LogP contribution in [0.5, 0.6) is 0 Å². The van der Waals surface area contributed by atoms with Gasteiger partial charge in [0.1, 0.15) is 9.84 Å². The van der Waals surface area contributed by atoms with E-state index in [1.807, 2.05) is 6.92 Å². The number of hydrogen-bond donors (Lipinski definition) is 0. The zero-order chi connectivity index (χ0) is 10.6. The highest BCUT2D eigenvalue weighted by Crippen LogP contribution is 2.33. The summed E-state index contributed by atoms with van der Waals surface area (Å²) in [4.78, 5) is 0.555. The van der Waals surface area contributed by atoms with Gasteiger partial charge in [-0.2, -0.15) is 0 Å². The molecule has 84 valence electrons. The van der Waals surface area contributed by atoms with Crippen molar-refractivity contribution in [2.45, 2.75) is 43.9 Å². The van der Waals surface area contributed by atoms with Gasteiger partial charge in [-0.1, -0.05) is 29.3 Å². The molecule has 0 amide bonds. The molecule has 2 nitrogen and oxygen atoms in total. The fraction of sp³-hybridized carbons (Fsp3) is 1.00. The zero-order valence-corrected chi connectivity index (χ0v) is 11.1. The van der Waals surface area contributed by atoms with Crippen molar-refractivity contribution in [1.82, 2.24) is 0 Å². The predicted molar refractivity (Wildman–Crippen MR) is 63.6 cm³/mol. The first-order valence-corrected chi connectivity index (χ1v) is 8.13. The van der Waals surface area contributed by atoms with Crippen molar-refractivity contribution >= 4 is 25.8 Å². The van der Waals surface area contributed by atoms with Crippen molar-refractivity contribution in [3.63, 3.8) is 0 Å². The molecule has 0 N–H and O–H groups in total. The summed E-state index contributed by atoms with van der Waals surface area (Å²) < 4.78 is 23.0. The normalized spacial score (nSPS) is 28.1. The van der Waals surface area contributed by atoms with E-state index in [1.165, 1.54) is 19.3 Å². The van der Waals surface area contributed by atoms with Gasteiger partial charge in [0.15, 0.2) is 0 Å². The highest BCUT2D eigenvalue weighted by atomic mass is 79.9. The van der Waals surface area contributed by atoms with E-state index in [2.05, 4.69) is 15.9 Å². The Labute approximate surface area is 95.5 Å². The lowest BCUT2D eigenvalue weighted by atomic mass is 10.1. The van der Waals surface area contributed by atoms with E-state index in [1.54, 1.807) is 0 Å². The maximum Gasteiger partial charge on any atom is 0.150 e. The maximum absolute atomic E-state index is 11.5. The van der Waals surface area contributed by atoms with E-state index in [4.69, 9.17) is 0 Å². The van der Waals surface area contributed by atoms with Gasteiger partial charge in [-0.05, 0) is 31.6 Å². The van der Waals surface area contributed by atoms with Gasteiger partial charge in [0.2, 0.25) is 0 Å². The molecular weight excluding hydrogens is 264 g/mol. The molecule has 0 spiro atoms. The molecule has 1 aliphatic rings. The Hall–Kier alpha value is 0.430. The van der Waals surface area contributed by atoms with Crippen LogP contribution in [0.2, 0.25) is 0 Å². The fourth-order valence-electron chi connectivity index (χ4n) is 2.06. The lowest BCUT2D eigenvalue weighted by Crippen LogP contribution is -2.16. The van der Waals surface area contributed by atoms with Crippen LogP contribution in [0.4, 0.5) is 0 Å². The standard InChI is InChI=1S/C10H19BrO2S/c1-2-7-14(12,13)8-6-9-4-3-5-10(9)11/h9-10H,2-8H2,1H3. The van der Waals surface area contributed by atoms with Crippen molar-refractivity contribution in [3.8, 4) is 0 Å². The Morgan fingerprint density at radius 1 is 1.29 bits per heavy atom. The van der Waals surface area contributed by atoms with Gasteiger partial charge < -0.3 is 0 Å². The number of rotatable bonds is 5. The molecule has 0 aromatic rings. The average molecular weight is 283 g/mol. The molecule has 2 unspecified atom stereocenters. The Morgan fingerprint density at radius 3 is 2.50 bits per heavy atom. The van der Waals surface area contributed by atoms with Crippen LogP contribution in [0.25, 0.3) is 0 Å². The topological polar surface area (TPSA) is 34.1 Å². The van der Waals surface area contributed by atoms with E-state index in [0.717, 1.165) is 12.8 Å². The molecule has 0 aromatic carbocycles. The van der Waals surface area contributed by atoms with E-state index >= 15 is 0 Å². The van der Waals surface area contributed by atoms with Crippen molar-refractivity contribution in [2.24, 2.45) is 5.92 Å². The molecule has 1 saturated carbocycles. The third kappa shape index (κ3) is 3.89. The SMILES string of the molecule is CCCS(=O)(=O)CCC1CCCC1Br. The summed E-state index contributed by atoms with van der Waals surface area (Å²) >= 11 is 3.62. The number of alkyl halides is 1. The van der Waals surface area contributed by atoms with Crippen molar-refractivity contribution < 1.29 is 8.42 Å². The molecule has 0 aromatic heterocycles. The monoisotopic (exact) mass is 282 g/mol. The first-order chi connectivity index (χ1) is 6.55. The zero-order valence-electron chi connectivity index (χ0n) is 8.71. The van der Waals surface area contributed by atoms with E-state index < -0.39 is 9.84 Å². The fourth-order valence-corrected chi connectivity index (χ4v) is 4.40. The maximum atomic E-state index is 11.5. The second-order valence-corrected chi connectivity index (χ2v) is 7.63. The molecule has 1 aliphatic carbocycles. The van der Waals surface area contributed by atoms with Crippen LogP contribution in [-0.4, -0.2) is 24.8 Å². The molecule has 0 saturated heterocycles. The Kier molecular flexibility index (Phi) is 4.91. The van der Waals surface area contributed by atoms with E-state index in [-0.39, 0.29) is 0 Å². The average Bonchev–Trinajstić information content (AvgIpc) is 2.48. The minimum absolute atomic E-state index is 0.354. The summed E-state index contributed by atoms with van der Waals surface area (Å²) in [6.07, 6.45) is 5.23. The summed E-state index contributed by atoms with van der Waals surface area (Å²) in [5, 5.41) is 0. The Balaban J connectivity index is 2.32. The lowest BCUT2D eigenvalue weighted by molar-refractivity contribution is 0.533. The quantitative estimate of drug-likeness (QED) is 0.727. The smallest absolute Gasteiger partial charge is 0.150 e. The minimum atomic E-state index is -2.76. The van der Waals surface area contributed by atoms with Crippen LogP contribution in [0, 0.1) is 5.92 Å². The van der Waals surface area contributed by atoms with Crippen molar-refractivity contribution in [2.75, 3.05) is 11.5 Å². The summed E-state index contributed by atoms with van der Waals surface area (Å²) in [6, 6.07) is 0. The summed E-state index contributed by atoms with van der Waals surface area (Å²) in [6.45, 7) is 1.92. The van der Waals surface area contributed by atoms with Gasteiger partial charge in [-0.25, -0.2) is 8.42 Å². The lowest BCUT2D eigenvalue weighted by Gasteiger charge is -2.13. The molecule has 0 aliphatic heterocycles. The van der Waals surface area contributed by atoms with Gasteiger partial charge in [0, 0.05) is 10.6 Å². The number of sulfone groups is 1. The first-order valence-electron chi connectivity index (χ1n) is 5.39. The molecule has 2 atom stereocenters. The van der Waals surface area contributed by atoms with Gasteiger partial charge in [0.05, 0.1) is 5.75 Å². The first kappa shape index (κ1) is 12.5. The van der Waals surface area contributed by atoms with Crippen molar-refractivity contribution in [3.05, 3.63) is 0 Å². The molecule has 0 bridgehead atoms. The predicted octanol–water partition coefficient (Wildman–Crippen LogP) is 2.76. The molecular formula is C10H19BrO2S. The third-order valence-electron chi connectivity index (χ3n) is 2.88. The molecule has 4 heteroatoms. The largest absolute Gasteiger partial charge is 0.229 e. The van der Waals surface area contributed by atoms with Crippen LogP contribution < -0.4 is 0 Å². The third-order valence-corrected chi connectivity index (χ3v) is 5.97. The van der Waals surface area contributed by atoms with Crippen LogP contribution in [0.15, 0.2) is 0 Å². The molecule has 0 radical (unpaired) electrons. The minimum Gasteiger partial charge on any atom is -0.229 e. The van der Waals surface area contributed by atoms with E-state index in [0.29, 0.717) is 22.3 Å². The Morgan fingerprint density at radius 2 is 2.00 bits per heavy atom. The van der Waals surface area contributed by atoms with Crippen LogP contribution in [0.3, 0.4) is 0 Å².